The summed E-state index contributed by atoms with van der Waals surface area (Å²) in [5.41, 5.74) is 1.82. The summed E-state index contributed by atoms with van der Waals surface area (Å²) < 4.78 is 7.51. The van der Waals surface area contributed by atoms with Crippen molar-refractivity contribution in [2.45, 2.75) is 24.5 Å². The van der Waals surface area contributed by atoms with E-state index in [0.717, 1.165) is 48.8 Å². The molecule has 3 heterocycles. The zero-order valence-electron chi connectivity index (χ0n) is 11.6. The molecule has 1 aliphatic heterocycles. The van der Waals surface area contributed by atoms with Crippen LogP contribution in [0.3, 0.4) is 0 Å². The molecule has 1 aliphatic rings. The molecular formula is C14H17N3O3S. The molecule has 0 spiro atoms. The van der Waals surface area contributed by atoms with E-state index in [4.69, 9.17) is 9.84 Å². The van der Waals surface area contributed by atoms with Crippen molar-refractivity contribution in [1.29, 1.82) is 0 Å². The number of carboxylic acids is 1. The molecule has 21 heavy (non-hydrogen) atoms. The first kappa shape index (κ1) is 14.3. The van der Waals surface area contributed by atoms with Crippen molar-refractivity contribution < 1.29 is 14.6 Å². The van der Waals surface area contributed by atoms with Gasteiger partial charge in [0.1, 0.15) is 5.52 Å². The van der Waals surface area contributed by atoms with Crippen molar-refractivity contribution in [3.05, 3.63) is 18.5 Å². The Morgan fingerprint density at radius 3 is 3.24 bits per heavy atom. The number of aryl methyl sites for hydroxylation is 1. The van der Waals surface area contributed by atoms with Gasteiger partial charge in [-0.3, -0.25) is 9.78 Å². The summed E-state index contributed by atoms with van der Waals surface area (Å²) in [6.07, 6.45) is 5.58. The number of nitrogens with zero attached hydrogens (tertiary/aromatic N) is 3. The summed E-state index contributed by atoms with van der Waals surface area (Å²) in [5.74, 6) is -0.230. The molecule has 0 saturated carbocycles. The Bertz CT molecular complexity index is 637. The first-order valence-corrected chi connectivity index (χ1v) is 7.95. The molecule has 1 saturated heterocycles. The summed E-state index contributed by atoms with van der Waals surface area (Å²) in [4.78, 5) is 19.4. The van der Waals surface area contributed by atoms with Gasteiger partial charge >= 0.3 is 5.97 Å². The number of thioether (sulfide) groups is 1. The molecule has 1 fully saturated rings. The molecule has 112 valence electrons. The van der Waals surface area contributed by atoms with Crippen LogP contribution in [-0.2, 0) is 16.1 Å². The summed E-state index contributed by atoms with van der Waals surface area (Å²) in [5, 5.41) is 9.61. The van der Waals surface area contributed by atoms with E-state index in [2.05, 4.69) is 14.5 Å². The highest BCUT2D eigenvalue weighted by Crippen LogP contribution is 2.26. The van der Waals surface area contributed by atoms with E-state index in [1.54, 1.807) is 12.4 Å². The summed E-state index contributed by atoms with van der Waals surface area (Å²) in [6, 6.07) is 1.93. The molecule has 1 N–H and O–H groups in total. The lowest BCUT2D eigenvalue weighted by Crippen LogP contribution is -2.08. The number of aliphatic carboxylic acids is 1. The lowest BCUT2D eigenvalue weighted by Gasteiger charge is -2.11. The Hall–Kier alpha value is -1.60. The summed E-state index contributed by atoms with van der Waals surface area (Å²) in [7, 11) is 0. The standard InChI is InChI=1S/C14H17N3O3S/c18-13(19)9-21-14-16-11-7-15-4-1-12(11)17(14)5-2-10-3-6-20-8-10/h1,4,7,10H,2-3,5-6,8-9H2,(H,18,19). The maximum Gasteiger partial charge on any atom is 0.313 e. The minimum atomic E-state index is -0.832. The molecular weight excluding hydrogens is 290 g/mol. The highest BCUT2D eigenvalue weighted by molar-refractivity contribution is 7.99. The zero-order valence-corrected chi connectivity index (χ0v) is 12.4. The highest BCUT2D eigenvalue weighted by atomic mass is 32.2. The summed E-state index contributed by atoms with van der Waals surface area (Å²) in [6.45, 7) is 2.50. The predicted molar refractivity (Wildman–Crippen MR) is 79.4 cm³/mol. The normalized spacial score (nSPS) is 18.4. The molecule has 1 atom stereocenters. The number of pyridine rings is 1. The van der Waals surface area contributed by atoms with Gasteiger partial charge < -0.3 is 14.4 Å². The van der Waals surface area contributed by atoms with Crippen molar-refractivity contribution in [2.75, 3.05) is 19.0 Å². The molecule has 3 rings (SSSR count). The molecule has 0 amide bonds. The Kier molecular flexibility index (Phi) is 4.40. The maximum absolute atomic E-state index is 10.8. The van der Waals surface area contributed by atoms with Crippen molar-refractivity contribution in [2.24, 2.45) is 5.92 Å². The fraction of sp³-hybridized carbons (Fsp3) is 0.500. The highest BCUT2D eigenvalue weighted by Gasteiger charge is 2.18. The van der Waals surface area contributed by atoms with Crippen LogP contribution in [0.2, 0.25) is 0 Å². The van der Waals surface area contributed by atoms with Gasteiger partial charge in [0.25, 0.3) is 0 Å². The SMILES string of the molecule is O=C(O)CSc1nc2cnccc2n1CCC1CCOC1. The van der Waals surface area contributed by atoms with Crippen LogP contribution < -0.4 is 0 Å². The third kappa shape index (κ3) is 3.36. The van der Waals surface area contributed by atoms with Crippen LogP contribution in [0.25, 0.3) is 11.0 Å². The van der Waals surface area contributed by atoms with Crippen molar-refractivity contribution in [3.8, 4) is 0 Å². The van der Waals surface area contributed by atoms with Crippen molar-refractivity contribution in [3.63, 3.8) is 0 Å². The van der Waals surface area contributed by atoms with Crippen molar-refractivity contribution >= 4 is 28.8 Å². The number of carbonyl (C=O) groups is 1. The zero-order chi connectivity index (χ0) is 14.7. The second-order valence-corrected chi connectivity index (χ2v) is 6.05. The molecule has 1 unspecified atom stereocenters. The van der Waals surface area contributed by atoms with E-state index in [-0.39, 0.29) is 5.75 Å². The molecule has 0 aliphatic carbocycles. The Labute approximate surface area is 126 Å². The van der Waals surface area contributed by atoms with Gasteiger partial charge in [-0.2, -0.15) is 0 Å². The monoisotopic (exact) mass is 307 g/mol. The molecule has 0 radical (unpaired) electrons. The second kappa shape index (κ2) is 6.44. The minimum absolute atomic E-state index is 0.0172. The van der Waals surface area contributed by atoms with Gasteiger partial charge in [-0.1, -0.05) is 11.8 Å². The second-order valence-electron chi connectivity index (χ2n) is 5.11. The number of hydrogen-bond donors (Lipinski definition) is 1. The van der Waals surface area contributed by atoms with Crippen LogP contribution in [0, 0.1) is 5.92 Å². The van der Waals surface area contributed by atoms with Gasteiger partial charge in [-0.15, -0.1) is 0 Å². The fourth-order valence-electron chi connectivity index (χ4n) is 2.53. The van der Waals surface area contributed by atoms with E-state index in [9.17, 15) is 4.79 Å². The first-order chi connectivity index (χ1) is 10.2. The third-order valence-corrected chi connectivity index (χ3v) is 4.59. The molecule has 2 aromatic heterocycles. The van der Waals surface area contributed by atoms with E-state index in [1.807, 2.05) is 6.07 Å². The van der Waals surface area contributed by atoms with Crippen LogP contribution in [-0.4, -0.2) is 44.6 Å². The molecule has 2 aromatic rings. The van der Waals surface area contributed by atoms with Crippen LogP contribution in [0.4, 0.5) is 0 Å². The van der Waals surface area contributed by atoms with E-state index in [0.29, 0.717) is 5.92 Å². The quantitative estimate of drug-likeness (QED) is 0.823. The van der Waals surface area contributed by atoms with E-state index >= 15 is 0 Å². The number of fused-ring (bicyclic) bond motifs is 1. The molecule has 0 aromatic carbocycles. The van der Waals surface area contributed by atoms with Crippen LogP contribution in [0.5, 0.6) is 0 Å². The third-order valence-electron chi connectivity index (χ3n) is 3.63. The molecule has 6 nitrogen and oxygen atoms in total. The number of hydrogen-bond acceptors (Lipinski definition) is 5. The topological polar surface area (TPSA) is 77.2 Å². The molecule has 0 bridgehead atoms. The fourth-order valence-corrected chi connectivity index (χ4v) is 3.30. The van der Waals surface area contributed by atoms with Crippen LogP contribution in [0.15, 0.2) is 23.6 Å². The minimum Gasteiger partial charge on any atom is -0.481 e. The molecule has 7 heteroatoms. The Morgan fingerprint density at radius 2 is 2.48 bits per heavy atom. The van der Waals surface area contributed by atoms with Gasteiger partial charge in [0.15, 0.2) is 5.16 Å². The van der Waals surface area contributed by atoms with Gasteiger partial charge in [0, 0.05) is 26.0 Å². The number of imidazole rings is 1. The number of aromatic nitrogens is 3. The van der Waals surface area contributed by atoms with Gasteiger partial charge in [0.2, 0.25) is 0 Å². The Morgan fingerprint density at radius 1 is 1.57 bits per heavy atom. The maximum atomic E-state index is 10.8. The van der Waals surface area contributed by atoms with Gasteiger partial charge in [0.05, 0.1) is 17.5 Å². The summed E-state index contributed by atoms with van der Waals surface area (Å²) >= 11 is 1.26. The number of carboxylic acid groups (broad SMARTS) is 1. The van der Waals surface area contributed by atoms with Crippen LogP contribution in [0.1, 0.15) is 12.8 Å². The number of ether oxygens (including phenoxy) is 1. The average Bonchev–Trinajstić information content (AvgIpc) is 3.10. The van der Waals surface area contributed by atoms with Crippen LogP contribution >= 0.6 is 11.8 Å². The number of rotatable bonds is 6. The average molecular weight is 307 g/mol. The Balaban J connectivity index is 1.81. The van der Waals surface area contributed by atoms with Gasteiger partial charge in [-0.05, 0) is 24.8 Å². The predicted octanol–water partition coefficient (Wildman–Crippen LogP) is 2.03. The first-order valence-electron chi connectivity index (χ1n) is 6.96. The van der Waals surface area contributed by atoms with Crippen molar-refractivity contribution in [1.82, 2.24) is 14.5 Å². The smallest absolute Gasteiger partial charge is 0.313 e. The van der Waals surface area contributed by atoms with E-state index in [1.165, 1.54) is 11.8 Å². The lowest BCUT2D eigenvalue weighted by molar-refractivity contribution is -0.133. The van der Waals surface area contributed by atoms with Gasteiger partial charge in [-0.25, -0.2) is 4.98 Å². The lowest BCUT2D eigenvalue weighted by atomic mass is 10.1. The van der Waals surface area contributed by atoms with E-state index < -0.39 is 5.97 Å². The largest absolute Gasteiger partial charge is 0.481 e.